The summed E-state index contributed by atoms with van der Waals surface area (Å²) in [4.78, 5) is 12.3. The number of nitriles is 1. The van der Waals surface area contributed by atoms with E-state index in [1.807, 2.05) is 6.07 Å². The number of urea groups is 1. The van der Waals surface area contributed by atoms with E-state index >= 15 is 0 Å². The molecule has 7 nitrogen and oxygen atoms in total. The van der Waals surface area contributed by atoms with Crippen molar-refractivity contribution in [1.29, 1.82) is 5.26 Å². The highest BCUT2D eigenvalue weighted by Gasteiger charge is 2.18. The van der Waals surface area contributed by atoms with Crippen LogP contribution >= 0.6 is 11.6 Å². The molecule has 1 unspecified atom stereocenters. The molecule has 1 saturated heterocycles. The molecule has 2 aromatic carbocycles. The van der Waals surface area contributed by atoms with E-state index in [0.29, 0.717) is 23.9 Å². The standard InChI is InChI=1S/C19H17ClF2N4O3/c20-13-8-12(17-10-24-5-6-28-17)2-3-14(13)25-19(27)26-15-7-11(9-23)1-4-16(15)29-18(21)22/h1-4,7-8,17-18,24H,5-6,10H2,(H2,25,26,27). The molecule has 152 valence electrons. The van der Waals surface area contributed by atoms with Gasteiger partial charge in [-0.2, -0.15) is 14.0 Å². The molecule has 1 heterocycles. The molecule has 0 saturated carbocycles. The quantitative estimate of drug-likeness (QED) is 0.673. The lowest BCUT2D eigenvalue weighted by molar-refractivity contribution is -0.0493. The molecule has 1 aliphatic rings. The maximum atomic E-state index is 12.6. The number of morpholine rings is 1. The van der Waals surface area contributed by atoms with Crippen molar-refractivity contribution in [1.82, 2.24) is 5.32 Å². The molecule has 10 heteroatoms. The number of anilines is 2. The molecule has 1 atom stereocenters. The van der Waals surface area contributed by atoms with Gasteiger partial charge in [0.25, 0.3) is 0 Å². The summed E-state index contributed by atoms with van der Waals surface area (Å²) in [6.45, 7) is -1.04. The predicted molar refractivity (Wildman–Crippen MR) is 103 cm³/mol. The van der Waals surface area contributed by atoms with Crippen molar-refractivity contribution in [2.75, 3.05) is 30.3 Å². The third kappa shape index (κ3) is 5.54. The van der Waals surface area contributed by atoms with Gasteiger partial charge in [-0.25, -0.2) is 4.79 Å². The van der Waals surface area contributed by atoms with Crippen LogP contribution in [-0.4, -0.2) is 32.3 Å². The van der Waals surface area contributed by atoms with Crippen molar-refractivity contribution in [3.8, 4) is 11.8 Å². The zero-order valence-electron chi connectivity index (χ0n) is 15.0. The average molecular weight is 423 g/mol. The van der Waals surface area contributed by atoms with Crippen LogP contribution in [0, 0.1) is 11.3 Å². The smallest absolute Gasteiger partial charge is 0.387 e. The van der Waals surface area contributed by atoms with Crippen LogP contribution in [0.3, 0.4) is 0 Å². The minimum absolute atomic E-state index is 0.0729. The van der Waals surface area contributed by atoms with Crippen molar-refractivity contribution in [2.45, 2.75) is 12.7 Å². The van der Waals surface area contributed by atoms with Gasteiger partial charge in [0.15, 0.2) is 0 Å². The Balaban J connectivity index is 1.71. The molecule has 0 radical (unpaired) electrons. The highest BCUT2D eigenvalue weighted by Crippen LogP contribution is 2.30. The molecule has 3 N–H and O–H groups in total. The Hall–Kier alpha value is -2.93. The Morgan fingerprint density at radius 2 is 2.07 bits per heavy atom. The van der Waals surface area contributed by atoms with Gasteiger partial charge in [0, 0.05) is 13.1 Å². The number of amides is 2. The van der Waals surface area contributed by atoms with Crippen LogP contribution in [0.2, 0.25) is 5.02 Å². The van der Waals surface area contributed by atoms with Gasteiger partial charge in [-0.3, -0.25) is 0 Å². The van der Waals surface area contributed by atoms with Gasteiger partial charge in [0.05, 0.1) is 40.7 Å². The van der Waals surface area contributed by atoms with Crippen LogP contribution in [0.25, 0.3) is 0 Å². The van der Waals surface area contributed by atoms with Gasteiger partial charge in [0.2, 0.25) is 0 Å². The van der Waals surface area contributed by atoms with Gasteiger partial charge < -0.3 is 25.4 Å². The van der Waals surface area contributed by atoms with Crippen molar-refractivity contribution in [2.24, 2.45) is 0 Å². The van der Waals surface area contributed by atoms with E-state index in [-0.39, 0.29) is 23.1 Å². The summed E-state index contributed by atoms with van der Waals surface area (Å²) < 4.78 is 35.2. The number of benzene rings is 2. The summed E-state index contributed by atoms with van der Waals surface area (Å²) in [5.41, 5.74) is 1.29. The number of alkyl halides is 2. The Labute approximate surface area is 170 Å². The monoisotopic (exact) mass is 422 g/mol. The van der Waals surface area contributed by atoms with Crippen molar-refractivity contribution >= 4 is 29.0 Å². The number of halogens is 3. The van der Waals surface area contributed by atoms with Crippen LogP contribution in [0.1, 0.15) is 17.2 Å². The number of carbonyl (C=O) groups is 1. The molecule has 2 aromatic rings. The zero-order valence-corrected chi connectivity index (χ0v) is 15.8. The fraction of sp³-hybridized carbons (Fsp3) is 0.263. The summed E-state index contributed by atoms with van der Waals surface area (Å²) in [5.74, 6) is -0.266. The van der Waals surface area contributed by atoms with E-state index in [2.05, 4.69) is 20.7 Å². The number of rotatable bonds is 5. The Bertz CT molecular complexity index is 930. The predicted octanol–water partition coefficient (Wildman–Crippen LogP) is 4.12. The number of hydrogen-bond acceptors (Lipinski definition) is 5. The summed E-state index contributed by atoms with van der Waals surface area (Å²) >= 11 is 6.26. The summed E-state index contributed by atoms with van der Waals surface area (Å²) in [6, 6.07) is 9.94. The molecule has 0 bridgehead atoms. The highest BCUT2D eigenvalue weighted by molar-refractivity contribution is 6.33. The zero-order chi connectivity index (χ0) is 20.8. The third-order valence-corrected chi connectivity index (χ3v) is 4.43. The largest absolute Gasteiger partial charge is 0.433 e. The summed E-state index contributed by atoms with van der Waals surface area (Å²) in [5, 5.41) is 17.4. The number of nitrogens with one attached hydrogen (secondary N) is 3. The molecular weight excluding hydrogens is 406 g/mol. The van der Waals surface area contributed by atoms with Crippen LogP contribution in [0.4, 0.5) is 25.0 Å². The summed E-state index contributed by atoms with van der Waals surface area (Å²) in [6.07, 6.45) is -0.132. The number of hydrogen-bond donors (Lipinski definition) is 3. The summed E-state index contributed by atoms with van der Waals surface area (Å²) in [7, 11) is 0. The van der Waals surface area contributed by atoms with Gasteiger partial charge >= 0.3 is 12.6 Å². The van der Waals surface area contributed by atoms with E-state index in [4.69, 9.17) is 21.6 Å². The van der Waals surface area contributed by atoms with Gasteiger partial charge in [-0.15, -0.1) is 0 Å². The second-order valence-corrected chi connectivity index (χ2v) is 6.49. The third-order valence-electron chi connectivity index (χ3n) is 4.11. The van der Waals surface area contributed by atoms with Gasteiger partial charge in [-0.05, 0) is 35.9 Å². The first-order valence-corrected chi connectivity index (χ1v) is 9.03. The molecule has 1 aliphatic heterocycles. The average Bonchev–Trinajstić information content (AvgIpc) is 2.71. The highest BCUT2D eigenvalue weighted by atomic mass is 35.5. The molecular formula is C19H17ClF2N4O3. The molecule has 2 amide bonds. The Kier molecular flexibility index (Phi) is 6.82. The molecule has 1 fully saturated rings. The molecule has 0 aromatic heterocycles. The Morgan fingerprint density at radius 3 is 2.72 bits per heavy atom. The fourth-order valence-electron chi connectivity index (χ4n) is 2.78. The Morgan fingerprint density at radius 1 is 1.28 bits per heavy atom. The lowest BCUT2D eigenvalue weighted by atomic mass is 10.1. The van der Waals surface area contributed by atoms with E-state index in [9.17, 15) is 13.6 Å². The lowest BCUT2D eigenvalue weighted by Gasteiger charge is -2.24. The second kappa shape index (κ2) is 9.52. The van der Waals surface area contributed by atoms with Crippen molar-refractivity contribution in [3.05, 3.63) is 52.5 Å². The fourth-order valence-corrected chi connectivity index (χ4v) is 3.02. The minimum atomic E-state index is -3.08. The van der Waals surface area contributed by atoms with Crippen molar-refractivity contribution < 1.29 is 23.0 Å². The second-order valence-electron chi connectivity index (χ2n) is 6.08. The number of ether oxygens (including phenoxy) is 2. The first-order chi connectivity index (χ1) is 14.0. The molecule has 3 rings (SSSR count). The van der Waals surface area contributed by atoms with Crippen LogP contribution < -0.4 is 20.7 Å². The number of nitrogens with zero attached hydrogens (tertiary/aromatic N) is 1. The van der Waals surface area contributed by atoms with Gasteiger partial charge in [0.1, 0.15) is 5.75 Å². The van der Waals surface area contributed by atoms with E-state index in [1.165, 1.54) is 18.2 Å². The topological polar surface area (TPSA) is 95.4 Å². The first kappa shape index (κ1) is 20.8. The van der Waals surface area contributed by atoms with Crippen molar-refractivity contribution in [3.63, 3.8) is 0 Å². The first-order valence-electron chi connectivity index (χ1n) is 8.65. The lowest BCUT2D eigenvalue weighted by Crippen LogP contribution is -2.33. The molecule has 0 spiro atoms. The van der Waals surface area contributed by atoms with E-state index < -0.39 is 12.6 Å². The van der Waals surface area contributed by atoms with Crippen LogP contribution in [0.5, 0.6) is 5.75 Å². The van der Waals surface area contributed by atoms with Crippen LogP contribution in [0.15, 0.2) is 36.4 Å². The normalized spacial score (nSPS) is 16.2. The van der Waals surface area contributed by atoms with E-state index in [1.54, 1.807) is 18.2 Å². The minimum Gasteiger partial charge on any atom is -0.433 e. The van der Waals surface area contributed by atoms with Crippen LogP contribution in [-0.2, 0) is 4.74 Å². The van der Waals surface area contributed by atoms with E-state index in [0.717, 1.165) is 12.1 Å². The maximum Gasteiger partial charge on any atom is 0.387 e. The number of carbonyl (C=O) groups excluding carboxylic acids is 1. The molecule has 0 aliphatic carbocycles. The SMILES string of the molecule is N#Cc1ccc(OC(F)F)c(NC(=O)Nc2ccc(C3CNCCO3)cc2Cl)c1. The maximum absolute atomic E-state index is 12.6. The van der Waals surface area contributed by atoms with Gasteiger partial charge in [-0.1, -0.05) is 17.7 Å². The molecule has 29 heavy (non-hydrogen) atoms.